The second-order valence-electron chi connectivity index (χ2n) is 5.67. The molecule has 3 aromatic rings. The minimum Gasteiger partial charge on any atom is -0.492 e. The summed E-state index contributed by atoms with van der Waals surface area (Å²) in [5.41, 5.74) is -0.219. The summed E-state index contributed by atoms with van der Waals surface area (Å²) in [6, 6.07) is 9.47. The van der Waals surface area contributed by atoms with Crippen LogP contribution in [0.25, 0.3) is 11.2 Å². The molecule has 132 valence electrons. The largest absolute Gasteiger partial charge is 0.492 e. The van der Waals surface area contributed by atoms with Gasteiger partial charge in [-0.1, -0.05) is 25.1 Å². The van der Waals surface area contributed by atoms with Crippen molar-refractivity contribution in [2.75, 3.05) is 18.5 Å². The summed E-state index contributed by atoms with van der Waals surface area (Å²) in [5.74, 6) is 1.32. The average molecular weight is 343 g/mol. The molecule has 2 aromatic heterocycles. The minimum absolute atomic E-state index is 0.354. The second-order valence-corrected chi connectivity index (χ2v) is 5.67. The number of H-pyrrole nitrogens is 1. The van der Waals surface area contributed by atoms with Crippen LogP contribution in [0.1, 0.15) is 13.3 Å². The van der Waals surface area contributed by atoms with Crippen LogP contribution < -0.4 is 21.3 Å². The quantitative estimate of drug-likeness (QED) is 0.675. The van der Waals surface area contributed by atoms with Gasteiger partial charge in [-0.2, -0.15) is 4.98 Å². The van der Waals surface area contributed by atoms with Crippen LogP contribution >= 0.6 is 0 Å². The summed E-state index contributed by atoms with van der Waals surface area (Å²) in [7, 11) is 1.59. The zero-order chi connectivity index (χ0) is 17.8. The Balaban J connectivity index is 1.94. The molecule has 0 bridgehead atoms. The van der Waals surface area contributed by atoms with Crippen molar-refractivity contribution in [3.63, 3.8) is 0 Å². The standard InChI is InChI=1S/C17H21N5O3/c1-3-9-18-16-19-14-13(15(23)20-17(24)21(14)2)22(16)10-11-25-12-7-5-4-6-8-12/h4-8H,3,9-11H2,1-2H3,(H,18,19)(H,20,23,24). The Bertz CT molecular complexity index is 972. The lowest BCUT2D eigenvalue weighted by atomic mass is 10.3. The molecule has 2 N–H and O–H groups in total. The molecule has 2 heterocycles. The van der Waals surface area contributed by atoms with Gasteiger partial charge in [0.2, 0.25) is 5.95 Å². The van der Waals surface area contributed by atoms with Gasteiger partial charge in [-0.05, 0) is 18.6 Å². The number of aryl methyl sites for hydroxylation is 1. The van der Waals surface area contributed by atoms with Crippen molar-refractivity contribution >= 4 is 17.1 Å². The van der Waals surface area contributed by atoms with Gasteiger partial charge < -0.3 is 14.6 Å². The first kappa shape index (κ1) is 16.8. The lowest BCUT2D eigenvalue weighted by molar-refractivity contribution is 0.301. The molecule has 0 unspecified atom stereocenters. The van der Waals surface area contributed by atoms with Gasteiger partial charge in [0.25, 0.3) is 5.56 Å². The molecule has 0 amide bonds. The number of hydrogen-bond donors (Lipinski definition) is 2. The highest BCUT2D eigenvalue weighted by molar-refractivity contribution is 5.74. The van der Waals surface area contributed by atoms with E-state index in [9.17, 15) is 9.59 Å². The van der Waals surface area contributed by atoms with Gasteiger partial charge in [-0.15, -0.1) is 0 Å². The van der Waals surface area contributed by atoms with Crippen LogP contribution in [-0.2, 0) is 13.6 Å². The number of aromatic amines is 1. The molecule has 0 saturated carbocycles. The van der Waals surface area contributed by atoms with E-state index in [4.69, 9.17) is 4.74 Å². The Morgan fingerprint density at radius 1 is 1.24 bits per heavy atom. The fourth-order valence-electron chi connectivity index (χ4n) is 2.60. The first-order valence-electron chi connectivity index (χ1n) is 8.23. The molecule has 0 spiro atoms. The van der Waals surface area contributed by atoms with Crippen molar-refractivity contribution in [3.05, 3.63) is 51.2 Å². The van der Waals surface area contributed by atoms with Crippen LogP contribution in [0.2, 0.25) is 0 Å². The molecular formula is C17H21N5O3. The van der Waals surface area contributed by atoms with Crippen LogP contribution in [0.15, 0.2) is 39.9 Å². The Hall–Kier alpha value is -3.03. The Kier molecular flexibility index (Phi) is 4.87. The second kappa shape index (κ2) is 7.25. The number of fused-ring (bicyclic) bond motifs is 1. The maximum Gasteiger partial charge on any atom is 0.329 e. The van der Waals surface area contributed by atoms with Gasteiger partial charge in [0.05, 0.1) is 6.54 Å². The van der Waals surface area contributed by atoms with E-state index >= 15 is 0 Å². The zero-order valence-electron chi connectivity index (χ0n) is 14.3. The van der Waals surface area contributed by atoms with Gasteiger partial charge in [0, 0.05) is 13.6 Å². The molecule has 0 fully saturated rings. The monoisotopic (exact) mass is 343 g/mol. The number of ether oxygens (including phenoxy) is 1. The Morgan fingerprint density at radius 3 is 2.72 bits per heavy atom. The van der Waals surface area contributed by atoms with Crippen molar-refractivity contribution in [1.29, 1.82) is 0 Å². The molecule has 8 heteroatoms. The van der Waals surface area contributed by atoms with E-state index in [1.807, 2.05) is 37.3 Å². The maximum atomic E-state index is 12.3. The van der Waals surface area contributed by atoms with E-state index in [-0.39, 0.29) is 0 Å². The van der Waals surface area contributed by atoms with Crippen LogP contribution in [-0.4, -0.2) is 32.3 Å². The van der Waals surface area contributed by atoms with Crippen LogP contribution in [0.3, 0.4) is 0 Å². The van der Waals surface area contributed by atoms with Gasteiger partial charge in [0.1, 0.15) is 12.4 Å². The van der Waals surface area contributed by atoms with Gasteiger partial charge in [0.15, 0.2) is 11.2 Å². The SMILES string of the molecule is CCCNc1nc2c(c(=O)[nH]c(=O)n2C)n1CCOc1ccccc1. The van der Waals surface area contributed by atoms with E-state index in [1.54, 1.807) is 11.6 Å². The van der Waals surface area contributed by atoms with E-state index in [1.165, 1.54) is 4.57 Å². The molecular weight excluding hydrogens is 322 g/mol. The molecule has 0 radical (unpaired) electrons. The number of para-hydroxylation sites is 1. The number of hydrogen-bond acceptors (Lipinski definition) is 5. The van der Waals surface area contributed by atoms with E-state index in [0.717, 1.165) is 12.2 Å². The van der Waals surface area contributed by atoms with Crippen molar-refractivity contribution in [3.8, 4) is 5.75 Å². The fourth-order valence-corrected chi connectivity index (χ4v) is 2.60. The minimum atomic E-state index is -0.482. The van der Waals surface area contributed by atoms with Crippen molar-refractivity contribution < 1.29 is 4.74 Å². The molecule has 0 aliphatic heterocycles. The lowest BCUT2D eigenvalue weighted by Crippen LogP contribution is -2.29. The van der Waals surface area contributed by atoms with Crippen LogP contribution in [0, 0.1) is 0 Å². The molecule has 0 aliphatic carbocycles. The summed E-state index contributed by atoms with van der Waals surface area (Å²) in [6.45, 7) is 3.56. The highest BCUT2D eigenvalue weighted by Crippen LogP contribution is 2.16. The van der Waals surface area contributed by atoms with E-state index in [0.29, 0.717) is 36.8 Å². The van der Waals surface area contributed by atoms with Gasteiger partial charge >= 0.3 is 5.69 Å². The molecule has 0 atom stereocenters. The maximum absolute atomic E-state index is 12.3. The van der Waals surface area contributed by atoms with Crippen LogP contribution in [0.5, 0.6) is 5.75 Å². The van der Waals surface area contributed by atoms with E-state index < -0.39 is 11.2 Å². The fraction of sp³-hybridized carbons (Fsp3) is 0.353. The average Bonchev–Trinajstić information content (AvgIpc) is 2.98. The molecule has 3 rings (SSSR count). The predicted octanol–water partition coefficient (Wildman–Crippen LogP) is 1.32. The number of imidazole rings is 1. The molecule has 25 heavy (non-hydrogen) atoms. The highest BCUT2D eigenvalue weighted by Gasteiger charge is 2.17. The van der Waals surface area contributed by atoms with Crippen molar-refractivity contribution in [2.45, 2.75) is 19.9 Å². The summed E-state index contributed by atoms with van der Waals surface area (Å²) in [4.78, 5) is 30.9. The van der Waals surface area contributed by atoms with Crippen molar-refractivity contribution in [2.24, 2.45) is 7.05 Å². The number of anilines is 1. The smallest absolute Gasteiger partial charge is 0.329 e. The topological polar surface area (TPSA) is 93.9 Å². The summed E-state index contributed by atoms with van der Waals surface area (Å²) >= 11 is 0. The molecule has 0 saturated heterocycles. The molecule has 8 nitrogen and oxygen atoms in total. The number of nitrogens with one attached hydrogen (secondary N) is 2. The first-order valence-corrected chi connectivity index (χ1v) is 8.23. The number of nitrogens with zero attached hydrogens (tertiary/aromatic N) is 3. The molecule has 1 aromatic carbocycles. The number of rotatable bonds is 7. The highest BCUT2D eigenvalue weighted by atomic mass is 16.5. The summed E-state index contributed by atoms with van der Waals surface area (Å²) in [5, 5.41) is 3.20. The predicted molar refractivity (Wildman–Crippen MR) is 96.3 cm³/mol. The summed E-state index contributed by atoms with van der Waals surface area (Å²) < 4.78 is 8.82. The third-order valence-electron chi connectivity index (χ3n) is 3.87. The lowest BCUT2D eigenvalue weighted by Gasteiger charge is -2.11. The Labute approximate surface area is 144 Å². The van der Waals surface area contributed by atoms with E-state index in [2.05, 4.69) is 15.3 Å². The Morgan fingerprint density at radius 2 is 2.00 bits per heavy atom. The third-order valence-corrected chi connectivity index (χ3v) is 3.87. The summed E-state index contributed by atoms with van der Waals surface area (Å²) in [6.07, 6.45) is 0.916. The third kappa shape index (κ3) is 3.42. The number of aromatic nitrogens is 4. The molecule has 0 aliphatic rings. The zero-order valence-corrected chi connectivity index (χ0v) is 14.3. The van der Waals surface area contributed by atoms with Crippen LogP contribution in [0.4, 0.5) is 5.95 Å². The van der Waals surface area contributed by atoms with Gasteiger partial charge in [-0.3, -0.25) is 14.3 Å². The van der Waals surface area contributed by atoms with Crippen molar-refractivity contribution in [1.82, 2.24) is 19.1 Å². The number of benzene rings is 1. The van der Waals surface area contributed by atoms with Gasteiger partial charge in [-0.25, -0.2) is 4.79 Å². The normalized spacial score (nSPS) is 11.0. The first-order chi connectivity index (χ1) is 12.1.